The lowest BCUT2D eigenvalue weighted by molar-refractivity contribution is -0.134. The van der Waals surface area contributed by atoms with Gasteiger partial charge in [0.05, 0.1) is 64.0 Å². The molecule has 0 bridgehead atoms. The van der Waals surface area contributed by atoms with Crippen LogP contribution in [0.4, 0.5) is 11.4 Å². The van der Waals surface area contributed by atoms with Crippen LogP contribution >= 0.6 is 0 Å². The number of nitriles is 1. The summed E-state index contributed by atoms with van der Waals surface area (Å²) in [5, 5.41) is 36.1. The molecule has 7 heterocycles. The molecular formula is C47H57N11O5. The van der Waals surface area contributed by atoms with Crippen molar-refractivity contribution in [3.63, 3.8) is 0 Å². The maximum atomic E-state index is 13.6. The number of carbonyl (C=O) groups excluding carboxylic acids is 3. The third-order valence-corrected chi connectivity index (χ3v) is 13.9. The molecule has 3 saturated heterocycles. The van der Waals surface area contributed by atoms with Gasteiger partial charge in [-0.15, -0.1) is 0 Å². The number of ether oxygens (including phenoxy) is 1. The molecule has 4 aromatic heterocycles. The minimum atomic E-state index is -1.24. The Morgan fingerprint density at radius 2 is 1.76 bits per heavy atom. The summed E-state index contributed by atoms with van der Waals surface area (Å²) >= 11 is 0. The highest BCUT2D eigenvalue weighted by molar-refractivity contribution is 6.05. The molecule has 1 unspecified atom stereocenters. The summed E-state index contributed by atoms with van der Waals surface area (Å²) < 4.78 is 9.42. The molecule has 1 aromatic carbocycles. The molecule has 5 aromatic rings. The van der Waals surface area contributed by atoms with Crippen LogP contribution in [0.25, 0.3) is 16.4 Å². The molecule has 0 radical (unpaired) electrons. The number of hydrogen-bond donors (Lipinski definition) is 3. The van der Waals surface area contributed by atoms with Crippen molar-refractivity contribution < 1.29 is 24.2 Å². The summed E-state index contributed by atoms with van der Waals surface area (Å²) in [6.07, 6.45) is 10.7. The number of hydrogen-bond acceptors (Lipinski definition) is 12. The number of fused-ring (bicyclic) bond motifs is 2. The van der Waals surface area contributed by atoms with Crippen LogP contribution in [0.15, 0.2) is 54.9 Å². The molecule has 330 valence electrons. The molecule has 4 fully saturated rings. The second-order valence-corrected chi connectivity index (χ2v) is 18.4. The highest BCUT2D eigenvalue weighted by Gasteiger charge is 2.38. The van der Waals surface area contributed by atoms with Gasteiger partial charge >= 0.3 is 0 Å². The normalized spacial score (nSPS) is 23.3. The number of aryl methyl sites for hydroxylation is 1. The van der Waals surface area contributed by atoms with Gasteiger partial charge in [0.1, 0.15) is 11.8 Å². The van der Waals surface area contributed by atoms with Crippen molar-refractivity contribution in [2.75, 3.05) is 56.7 Å². The number of piperidine rings is 2. The van der Waals surface area contributed by atoms with E-state index in [-0.39, 0.29) is 29.7 Å². The molecule has 3 amide bonds. The number of rotatable bonds is 10. The van der Waals surface area contributed by atoms with E-state index in [2.05, 4.69) is 53.4 Å². The summed E-state index contributed by atoms with van der Waals surface area (Å²) in [5.74, 6) is -1.22. The van der Waals surface area contributed by atoms with Crippen LogP contribution in [0.1, 0.15) is 110 Å². The number of aliphatic hydroxyl groups is 1. The quantitative estimate of drug-likeness (QED) is 0.159. The molecule has 3 aliphatic heterocycles. The Morgan fingerprint density at radius 1 is 0.984 bits per heavy atom. The monoisotopic (exact) mass is 855 g/mol. The topological polar surface area (TPSA) is 186 Å². The van der Waals surface area contributed by atoms with E-state index in [0.29, 0.717) is 65.6 Å². The molecule has 0 spiro atoms. The van der Waals surface area contributed by atoms with Crippen LogP contribution in [-0.4, -0.2) is 122 Å². The predicted octanol–water partition coefficient (Wildman–Crippen LogP) is 5.04. The van der Waals surface area contributed by atoms with Crippen molar-refractivity contribution in [2.45, 2.75) is 108 Å². The number of pyridine rings is 1. The Kier molecular flexibility index (Phi) is 11.8. The van der Waals surface area contributed by atoms with E-state index in [4.69, 9.17) is 14.8 Å². The van der Waals surface area contributed by atoms with E-state index in [1.165, 1.54) is 10.7 Å². The first-order valence-electron chi connectivity index (χ1n) is 22.4. The number of carbonyl (C=O) groups is 3. The molecular weight excluding hydrogens is 799 g/mol. The third kappa shape index (κ3) is 8.67. The molecule has 1 saturated carbocycles. The van der Waals surface area contributed by atoms with E-state index < -0.39 is 5.60 Å². The number of methoxy groups -OCH3 is 1. The smallest absolute Gasteiger partial charge is 0.274 e. The zero-order chi connectivity index (χ0) is 44.0. The van der Waals surface area contributed by atoms with Crippen LogP contribution in [0.3, 0.4) is 0 Å². The molecule has 16 nitrogen and oxygen atoms in total. The fourth-order valence-electron chi connectivity index (χ4n) is 10.6. The summed E-state index contributed by atoms with van der Waals surface area (Å²) in [7, 11) is 1.81. The first-order valence-corrected chi connectivity index (χ1v) is 22.4. The Morgan fingerprint density at radius 3 is 2.48 bits per heavy atom. The van der Waals surface area contributed by atoms with Gasteiger partial charge in [0.25, 0.3) is 5.91 Å². The van der Waals surface area contributed by atoms with E-state index in [9.17, 15) is 24.8 Å². The number of benzene rings is 1. The van der Waals surface area contributed by atoms with Crippen molar-refractivity contribution in [3.05, 3.63) is 83.1 Å². The van der Waals surface area contributed by atoms with Gasteiger partial charge in [-0.1, -0.05) is 0 Å². The minimum absolute atomic E-state index is 0.212. The standard InChI is InChI=1S/C47H57N11O5/c1-29-42(13-11-39(50-29)37-10-14-44(59)52-45(37)60)54-17-15-33(16-18-54)56-20-19-55(27-36(56)28-63-4)32-5-7-34(8-6-32)57-26-31-22-41(38(47(2,3)62)23-40(31)53-57)51-46(61)43-12-9-35-21-30(24-48)25-49-58(35)43/h9,11-13,21-23,25-26,32-34,36-37,62H,5-8,10,14-20,27-28H2,1-4H3,(H,51,61)(H,52,59,60)/t32?,34?,36-,37?/m1/s1. The van der Waals surface area contributed by atoms with Crippen molar-refractivity contribution >= 4 is 45.5 Å². The average Bonchev–Trinajstić information content (AvgIpc) is 3.90. The van der Waals surface area contributed by atoms with E-state index in [0.717, 1.165) is 99.2 Å². The number of nitrogens with one attached hydrogen (secondary N) is 2. The molecule has 4 aliphatic rings. The zero-order valence-electron chi connectivity index (χ0n) is 36.6. The van der Waals surface area contributed by atoms with Gasteiger partial charge in [-0.2, -0.15) is 15.5 Å². The lowest BCUT2D eigenvalue weighted by Crippen LogP contribution is -2.61. The van der Waals surface area contributed by atoms with Gasteiger partial charge in [-0.25, -0.2) is 4.52 Å². The Labute approximate surface area is 367 Å². The number of aromatic nitrogens is 5. The average molecular weight is 856 g/mol. The van der Waals surface area contributed by atoms with Gasteiger partial charge in [0, 0.05) is 87.2 Å². The summed E-state index contributed by atoms with van der Waals surface area (Å²) in [6, 6.07) is 16.6. The maximum Gasteiger partial charge on any atom is 0.274 e. The van der Waals surface area contributed by atoms with Crippen LogP contribution in [0.2, 0.25) is 0 Å². The molecule has 3 N–H and O–H groups in total. The minimum Gasteiger partial charge on any atom is -0.386 e. The highest BCUT2D eigenvalue weighted by atomic mass is 16.5. The molecule has 9 rings (SSSR count). The second kappa shape index (κ2) is 17.4. The summed E-state index contributed by atoms with van der Waals surface area (Å²) in [4.78, 5) is 50.4. The van der Waals surface area contributed by atoms with E-state index in [1.54, 1.807) is 32.0 Å². The number of nitrogens with zero attached hydrogens (tertiary/aromatic N) is 9. The Hall–Kier alpha value is -5.73. The van der Waals surface area contributed by atoms with Gasteiger partial charge in [-0.3, -0.25) is 39.2 Å². The van der Waals surface area contributed by atoms with Crippen molar-refractivity contribution in [1.82, 2.24) is 39.5 Å². The fourth-order valence-corrected chi connectivity index (χ4v) is 10.6. The Balaban J connectivity index is 0.808. The predicted molar refractivity (Wildman–Crippen MR) is 237 cm³/mol. The van der Waals surface area contributed by atoms with Crippen molar-refractivity contribution in [2.24, 2.45) is 0 Å². The van der Waals surface area contributed by atoms with Crippen molar-refractivity contribution in [3.8, 4) is 6.07 Å². The van der Waals surface area contributed by atoms with Gasteiger partial charge in [-0.05, 0) is 108 Å². The largest absolute Gasteiger partial charge is 0.386 e. The number of amides is 3. The zero-order valence-corrected chi connectivity index (χ0v) is 36.6. The maximum absolute atomic E-state index is 13.6. The van der Waals surface area contributed by atoms with Crippen LogP contribution in [0, 0.1) is 18.3 Å². The van der Waals surface area contributed by atoms with Crippen LogP contribution in [0.5, 0.6) is 0 Å². The Bertz CT molecular complexity index is 2570. The van der Waals surface area contributed by atoms with Crippen LogP contribution < -0.4 is 15.5 Å². The third-order valence-electron chi connectivity index (χ3n) is 13.9. The first kappa shape index (κ1) is 42.6. The molecule has 1 aliphatic carbocycles. The number of anilines is 2. The lowest BCUT2D eigenvalue weighted by atomic mass is 9.89. The SMILES string of the molecule is COC[C@H]1CN(C2CCC(n3cc4cc(NC(=O)c5ccc6cc(C#N)cnn56)c(C(C)(C)O)cc4n3)CC2)CCN1C1CCN(c2ccc(C3CCC(=O)NC3=O)nc2C)CC1. The first-order chi connectivity index (χ1) is 30.4. The molecule has 63 heavy (non-hydrogen) atoms. The van der Waals surface area contributed by atoms with Gasteiger partial charge in [0.15, 0.2) is 0 Å². The highest BCUT2D eigenvalue weighted by Crippen LogP contribution is 2.37. The van der Waals surface area contributed by atoms with Gasteiger partial charge < -0.3 is 20.1 Å². The number of imide groups is 1. The molecule has 2 atom stereocenters. The lowest BCUT2D eigenvalue weighted by Gasteiger charge is -2.50. The van der Waals surface area contributed by atoms with Crippen molar-refractivity contribution in [1.29, 1.82) is 5.26 Å². The second-order valence-electron chi connectivity index (χ2n) is 18.4. The van der Waals surface area contributed by atoms with Crippen LogP contribution in [-0.2, 0) is 19.9 Å². The fraction of sp³-hybridized carbons (Fsp3) is 0.511. The molecule has 16 heteroatoms. The summed E-state index contributed by atoms with van der Waals surface area (Å²) in [5.41, 5.74) is 4.75. The number of piperazine rings is 1. The van der Waals surface area contributed by atoms with E-state index in [1.807, 2.05) is 32.2 Å². The van der Waals surface area contributed by atoms with Gasteiger partial charge in [0.2, 0.25) is 11.8 Å². The summed E-state index contributed by atoms with van der Waals surface area (Å²) in [6.45, 7) is 11.1. The van der Waals surface area contributed by atoms with E-state index >= 15 is 0 Å².